The fourth-order valence-electron chi connectivity index (χ4n) is 5.43. The topological polar surface area (TPSA) is 49.8 Å². The summed E-state index contributed by atoms with van der Waals surface area (Å²) in [6.45, 7) is 8.53. The lowest BCUT2D eigenvalue weighted by molar-refractivity contribution is 0.194. The molecule has 0 amide bonds. The minimum atomic E-state index is -3.68. The molecule has 0 heterocycles. The SMILES string of the molecule is CCCCCCCCCCCCCCN(CCCCCCCCCCCCCC)P(=O)(O)OCCCCCC. The Kier molecular flexibility index (Phi) is 31.1. The Morgan fingerprint density at radius 2 is 0.692 bits per heavy atom. The van der Waals surface area contributed by atoms with Crippen LogP contribution >= 0.6 is 7.75 Å². The molecule has 0 rings (SSSR count). The first-order chi connectivity index (χ1) is 19.1. The molecule has 1 atom stereocenters. The Bertz CT molecular complexity index is 489. The van der Waals surface area contributed by atoms with Crippen molar-refractivity contribution in [1.29, 1.82) is 0 Å². The van der Waals surface area contributed by atoms with E-state index in [1.807, 2.05) is 0 Å². The van der Waals surface area contributed by atoms with Gasteiger partial charge in [-0.15, -0.1) is 0 Å². The molecule has 1 unspecified atom stereocenters. The molecule has 0 aromatic carbocycles. The molecule has 0 radical (unpaired) electrons. The maximum Gasteiger partial charge on any atom is 0.405 e. The number of hydrogen-bond acceptors (Lipinski definition) is 2. The lowest BCUT2D eigenvalue weighted by atomic mass is 10.1. The number of unbranched alkanes of at least 4 members (excludes halogenated alkanes) is 25. The van der Waals surface area contributed by atoms with Gasteiger partial charge in [0.25, 0.3) is 0 Å². The van der Waals surface area contributed by atoms with Crippen molar-refractivity contribution in [2.24, 2.45) is 0 Å². The maximum absolute atomic E-state index is 13.1. The Morgan fingerprint density at radius 1 is 0.436 bits per heavy atom. The molecular weight excluding hydrogens is 501 g/mol. The first kappa shape index (κ1) is 39.1. The van der Waals surface area contributed by atoms with Gasteiger partial charge in [-0.2, -0.15) is 0 Å². The monoisotopic (exact) mass is 574 g/mol. The van der Waals surface area contributed by atoms with Gasteiger partial charge in [-0.05, 0) is 19.3 Å². The second-order valence-corrected chi connectivity index (χ2v) is 13.9. The second kappa shape index (κ2) is 31.1. The predicted molar refractivity (Wildman–Crippen MR) is 174 cm³/mol. The van der Waals surface area contributed by atoms with Crippen molar-refractivity contribution < 1.29 is 14.0 Å². The Labute approximate surface area is 246 Å². The molecule has 0 aliphatic carbocycles. The molecular formula is C34H72NO3P. The summed E-state index contributed by atoms with van der Waals surface area (Å²) < 4.78 is 20.5. The lowest BCUT2D eigenvalue weighted by Crippen LogP contribution is -2.24. The Balaban J connectivity index is 4.10. The van der Waals surface area contributed by atoms with E-state index in [4.69, 9.17) is 4.52 Å². The number of rotatable bonds is 33. The number of hydrogen-bond donors (Lipinski definition) is 1. The largest absolute Gasteiger partial charge is 0.405 e. The molecule has 0 aliphatic rings. The van der Waals surface area contributed by atoms with Crippen molar-refractivity contribution in [3.05, 3.63) is 0 Å². The van der Waals surface area contributed by atoms with Gasteiger partial charge < -0.3 is 4.89 Å². The van der Waals surface area contributed by atoms with Gasteiger partial charge in [0.1, 0.15) is 0 Å². The Hall–Kier alpha value is 0.110. The van der Waals surface area contributed by atoms with Crippen LogP contribution in [0.2, 0.25) is 0 Å². The fraction of sp³-hybridized carbons (Fsp3) is 1.00. The molecule has 0 aliphatic heterocycles. The van der Waals surface area contributed by atoms with Crippen LogP contribution in [0.4, 0.5) is 0 Å². The van der Waals surface area contributed by atoms with Crippen LogP contribution < -0.4 is 0 Å². The molecule has 0 aromatic rings. The average molecular weight is 574 g/mol. The quantitative estimate of drug-likeness (QED) is 0.0626. The van der Waals surface area contributed by atoms with Gasteiger partial charge in [0.2, 0.25) is 0 Å². The van der Waals surface area contributed by atoms with Crippen molar-refractivity contribution in [2.75, 3.05) is 19.7 Å². The Morgan fingerprint density at radius 3 is 1.00 bits per heavy atom. The summed E-state index contributed by atoms with van der Waals surface area (Å²) in [4.78, 5) is 10.7. The van der Waals surface area contributed by atoms with E-state index in [9.17, 15) is 9.46 Å². The van der Waals surface area contributed by atoms with E-state index in [2.05, 4.69) is 20.8 Å². The van der Waals surface area contributed by atoms with E-state index >= 15 is 0 Å². The average Bonchev–Trinajstić information content (AvgIpc) is 2.92. The molecule has 0 spiro atoms. The van der Waals surface area contributed by atoms with Crippen LogP contribution in [-0.2, 0) is 9.09 Å². The normalized spacial score (nSPS) is 13.4. The van der Waals surface area contributed by atoms with Crippen LogP contribution in [0.5, 0.6) is 0 Å². The smallest absolute Gasteiger partial charge is 0.312 e. The molecule has 39 heavy (non-hydrogen) atoms. The van der Waals surface area contributed by atoms with Gasteiger partial charge in [0.05, 0.1) is 6.61 Å². The number of nitrogens with zero attached hydrogens (tertiary/aromatic N) is 1. The summed E-state index contributed by atoms with van der Waals surface area (Å²) in [6.07, 6.45) is 35.8. The highest BCUT2D eigenvalue weighted by Gasteiger charge is 2.28. The maximum atomic E-state index is 13.1. The van der Waals surface area contributed by atoms with Gasteiger partial charge in [0.15, 0.2) is 0 Å². The van der Waals surface area contributed by atoms with Crippen molar-refractivity contribution in [1.82, 2.24) is 4.67 Å². The minimum Gasteiger partial charge on any atom is -0.312 e. The molecule has 0 fully saturated rings. The second-order valence-electron chi connectivity index (χ2n) is 12.1. The van der Waals surface area contributed by atoms with Crippen LogP contribution in [0.15, 0.2) is 0 Å². The van der Waals surface area contributed by atoms with Crippen LogP contribution in [0.25, 0.3) is 0 Å². The molecule has 1 N–H and O–H groups in total. The first-order valence-corrected chi connectivity index (χ1v) is 19.3. The third-order valence-corrected chi connectivity index (χ3v) is 9.79. The highest BCUT2D eigenvalue weighted by atomic mass is 31.2. The van der Waals surface area contributed by atoms with Gasteiger partial charge in [0, 0.05) is 13.1 Å². The van der Waals surface area contributed by atoms with Gasteiger partial charge in [-0.1, -0.05) is 181 Å². The highest BCUT2D eigenvalue weighted by Crippen LogP contribution is 2.47. The van der Waals surface area contributed by atoms with Crippen LogP contribution in [0, 0.1) is 0 Å². The van der Waals surface area contributed by atoms with Crippen LogP contribution in [0.3, 0.4) is 0 Å². The van der Waals surface area contributed by atoms with Crippen LogP contribution in [0.1, 0.15) is 201 Å². The highest BCUT2D eigenvalue weighted by molar-refractivity contribution is 7.50. The zero-order valence-electron chi connectivity index (χ0n) is 27.1. The van der Waals surface area contributed by atoms with E-state index < -0.39 is 7.75 Å². The van der Waals surface area contributed by atoms with Crippen molar-refractivity contribution >= 4 is 7.75 Å². The molecule has 5 heteroatoms. The molecule has 0 aromatic heterocycles. The van der Waals surface area contributed by atoms with Crippen LogP contribution in [-0.4, -0.2) is 29.3 Å². The van der Waals surface area contributed by atoms with E-state index in [1.54, 1.807) is 4.67 Å². The zero-order chi connectivity index (χ0) is 28.7. The van der Waals surface area contributed by atoms with E-state index in [1.165, 1.54) is 141 Å². The summed E-state index contributed by atoms with van der Waals surface area (Å²) in [7, 11) is -3.68. The van der Waals surface area contributed by atoms with E-state index in [0.717, 1.165) is 38.5 Å². The molecule has 0 saturated carbocycles. The van der Waals surface area contributed by atoms with Crippen molar-refractivity contribution in [3.8, 4) is 0 Å². The fourth-order valence-corrected chi connectivity index (χ4v) is 6.75. The first-order valence-electron chi connectivity index (χ1n) is 17.8. The molecule has 0 saturated heterocycles. The predicted octanol–water partition coefficient (Wildman–Crippen LogP) is 12.4. The van der Waals surface area contributed by atoms with Gasteiger partial charge >= 0.3 is 7.75 Å². The molecule has 4 nitrogen and oxygen atoms in total. The summed E-state index contributed by atoms with van der Waals surface area (Å²) in [5, 5.41) is 0. The third-order valence-electron chi connectivity index (χ3n) is 8.15. The zero-order valence-corrected chi connectivity index (χ0v) is 28.0. The van der Waals surface area contributed by atoms with Crippen molar-refractivity contribution in [2.45, 2.75) is 201 Å². The van der Waals surface area contributed by atoms with Gasteiger partial charge in [-0.25, -0.2) is 9.24 Å². The lowest BCUT2D eigenvalue weighted by Gasteiger charge is -2.26. The van der Waals surface area contributed by atoms with Crippen molar-refractivity contribution in [3.63, 3.8) is 0 Å². The standard InChI is InChI=1S/C34H72NO3P/c1-4-7-10-13-15-17-19-21-23-25-27-29-32-35(39(36,37)38-34-31-12-9-6-3)33-30-28-26-24-22-20-18-16-14-11-8-5-2/h4-34H2,1-3H3,(H,36,37). The summed E-state index contributed by atoms with van der Waals surface area (Å²) in [6, 6.07) is 0. The third kappa shape index (κ3) is 28.0. The van der Waals surface area contributed by atoms with E-state index in [-0.39, 0.29) is 0 Å². The van der Waals surface area contributed by atoms with Gasteiger partial charge in [-0.3, -0.25) is 4.52 Å². The molecule has 236 valence electrons. The van der Waals surface area contributed by atoms with E-state index in [0.29, 0.717) is 19.7 Å². The summed E-state index contributed by atoms with van der Waals surface area (Å²) in [5.41, 5.74) is 0. The summed E-state index contributed by atoms with van der Waals surface area (Å²) >= 11 is 0. The summed E-state index contributed by atoms with van der Waals surface area (Å²) in [5.74, 6) is 0. The minimum absolute atomic E-state index is 0.404. The molecule has 0 bridgehead atoms.